The number of nitrogens with zero attached hydrogens (tertiary/aromatic N) is 1. The van der Waals surface area contributed by atoms with Crippen molar-refractivity contribution in [3.05, 3.63) is 45.9 Å². The van der Waals surface area contributed by atoms with Crippen LogP contribution >= 0.6 is 23.2 Å². The van der Waals surface area contributed by atoms with Gasteiger partial charge in [0.25, 0.3) is 5.91 Å². The van der Waals surface area contributed by atoms with Crippen LogP contribution in [0.15, 0.2) is 30.3 Å². The van der Waals surface area contributed by atoms with E-state index in [1.807, 2.05) is 19.2 Å². The van der Waals surface area contributed by atoms with Crippen molar-refractivity contribution in [2.75, 3.05) is 37.5 Å². The van der Waals surface area contributed by atoms with Crippen LogP contribution in [0.3, 0.4) is 0 Å². The lowest BCUT2D eigenvalue weighted by molar-refractivity contribution is 0.102. The van der Waals surface area contributed by atoms with Crippen LogP contribution in [0.4, 0.5) is 11.4 Å². The number of nitrogens with one attached hydrogen (secondary N) is 1. The third-order valence-corrected chi connectivity index (χ3v) is 4.41. The molecule has 1 aliphatic heterocycles. The number of methoxy groups -OCH3 is 1. The quantitative estimate of drug-likeness (QED) is 0.888. The highest BCUT2D eigenvalue weighted by molar-refractivity contribution is 6.37. The van der Waals surface area contributed by atoms with Crippen LogP contribution in [0, 0.1) is 0 Å². The van der Waals surface area contributed by atoms with Crippen molar-refractivity contribution in [1.82, 2.24) is 0 Å². The van der Waals surface area contributed by atoms with Gasteiger partial charge in [-0.2, -0.15) is 0 Å². The summed E-state index contributed by atoms with van der Waals surface area (Å²) in [6.45, 7) is 1.43. The predicted molar refractivity (Wildman–Crippen MR) is 96.2 cm³/mol. The Morgan fingerprint density at radius 2 is 2.00 bits per heavy atom. The second-order valence-electron chi connectivity index (χ2n) is 5.34. The van der Waals surface area contributed by atoms with E-state index in [4.69, 9.17) is 32.7 Å². The minimum absolute atomic E-state index is 0.203. The van der Waals surface area contributed by atoms with Crippen LogP contribution in [0.25, 0.3) is 0 Å². The van der Waals surface area contributed by atoms with E-state index < -0.39 is 5.91 Å². The number of hydrogen-bond donors (Lipinski definition) is 1. The second kappa shape index (κ2) is 6.79. The van der Waals surface area contributed by atoms with E-state index >= 15 is 0 Å². The molecule has 24 heavy (non-hydrogen) atoms. The summed E-state index contributed by atoms with van der Waals surface area (Å²) < 4.78 is 10.8. The predicted octanol–water partition coefficient (Wildman–Crippen LogP) is 4.08. The molecule has 0 bridgehead atoms. The van der Waals surface area contributed by atoms with E-state index in [0.29, 0.717) is 17.3 Å². The number of carbonyl (C=O) groups is 1. The number of halogens is 2. The van der Waals surface area contributed by atoms with Gasteiger partial charge in [-0.1, -0.05) is 23.2 Å². The number of fused-ring (bicyclic) bond motifs is 1. The average Bonchev–Trinajstić information content (AvgIpc) is 2.57. The van der Waals surface area contributed by atoms with Crippen LogP contribution in [-0.4, -0.2) is 33.2 Å². The van der Waals surface area contributed by atoms with Crippen molar-refractivity contribution in [2.45, 2.75) is 0 Å². The molecule has 0 aromatic heterocycles. The van der Waals surface area contributed by atoms with Crippen molar-refractivity contribution in [1.29, 1.82) is 0 Å². The third kappa shape index (κ3) is 3.09. The molecule has 0 spiro atoms. The van der Waals surface area contributed by atoms with Gasteiger partial charge < -0.3 is 19.7 Å². The number of benzene rings is 2. The first-order valence-electron chi connectivity index (χ1n) is 7.32. The summed E-state index contributed by atoms with van der Waals surface area (Å²) in [4.78, 5) is 14.7. The molecule has 1 aliphatic rings. The van der Waals surface area contributed by atoms with Gasteiger partial charge in [-0.3, -0.25) is 4.79 Å². The van der Waals surface area contributed by atoms with Crippen LogP contribution in [-0.2, 0) is 0 Å². The molecule has 1 heterocycles. The van der Waals surface area contributed by atoms with Crippen LogP contribution in [0.1, 0.15) is 10.4 Å². The number of amides is 1. The smallest absolute Gasteiger partial charge is 0.261 e. The van der Waals surface area contributed by atoms with Gasteiger partial charge >= 0.3 is 0 Å². The minimum atomic E-state index is -0.390. The fourth-order valence-electron chi connectivity index (χ4n) is 2.57. The van der Waals surface area contributed by atoms with Gasteiger partial charge in [0.05, 0.1) is 29.4 Å². The molecular formula is C17H16Cl2N2O3. The van der Waals surface area contributed by atoms with Gasteiger partial charge in [0, 0.05) is 12.7 Å². The van der Waals surface area contributed by atoms with Crippen molar-refractivity contribution in [3.8, 4) is 11.5 Å². The van der Waals surface area contributed by atoms with Gasteiger partial charge in [0.15, 0.2) is 5.75 Å². The summed E-state index contributed by atoms with van der Waals surface area (Å²) in [6, 6.07) is 8.62. The second-order valence-corrected chi connectivity index (χ2v) is 6.16. The third-order valence-electron chi connectivity index (χ3n) is 3.80. The molecule has 1 amide bonds. The molecule has 2 aromatic carbocycles. The topological polar surface area (TPSA) is 50.8 Å². The summed E-state index contributed by atoms with van der Waals surface area (Å²) in [5, 5.41) is 3.42. The zero-order chi connectivity index (χ0) is 17.3. The van der Waals surface area contributed by atoms with Gasteiger partial charge in [0.2, 0.25) is 0 Å². The number of anilines is 2. The van der Waals surface area contributed by atoms with E-state index in [1.165, 1.54) is 7.11 Å². The van der Waals surface area contributed by atoms with Gasteiger partial charge in [-0.05, 0) is 30.3 Å². The fourth-order valence-corrected chi connectivity index (χ4v) is 3.04. The first-order valence-corrected chi connectivity index (χ1v) is 8.08. The number of rotatable bonds is 3. The zero-order valence-electron chi connectivity index (χ0n) is 13.2. The molecule has 0 radical (unpaired) electrons. The molecule has 0 unspecified atom stereocenters. The van der Waals surface area contributed by atoms with Crippen molar-refractivity contribution >= 4 is 40.5 Å². The highest BCUT2D eigenvalue weighted by atomic mass is 35.5. The van der Waals surface area contributed by atoms with E-state index in [-0.39, 0.29) is 16.3 Å². The molecule has 0 saturated carbocycles. The molecule has 0 saturated heterocycles. The van der Waals surface area contributed by atoms with Crippen LogP contribution < -0.4 is 19.7 Å². The summed E-state index contributed by atoms with van der Waals surface area (Å²) in [5.74, 6) is 0.652. The first-order chi connectivity index (χ1) is 11.5. The number of ether oxygens (including phenoxy) is 2. The monoisotopic (exact) mass is 366 g/mol. The maximum Gasteiger partial charge on any atom is 0.261 e. The molecule has 7 heteroatoms. The van der Waals surface area contributed by atoms with Gasteiger partial charge in [-0.25, -0.2) is 0 Å². The summed E-state index contributed by atoms with van der Waals surface area (Å²) >= 11 is 12.2. The SMILES string of the molecule is COc1c(Cl)ccc(Cl)c1C(=O)Nc1ccc2c(c1)N(C)CCO2. The first kappa shape index (κ1) is 16.7. The molecule has 1 N–H and O–H groups in total. The Morgan fingerprint density at radius 3 is 2.75 bits per heavy atom. The molecule has 126 valence electrons. The Balaban J connectivity index is 1.91. The molecular weight excluding hydrogens is 351 g/mol. The molecule has 0 fully saturated rings. The lowest BCUT2D eigenvalue weighted by Crippen LogP contribution is -2.28. The van der Waals surface area contributed by atoms with E-state index in [9.17, 15) is 4.79 Å². The fraction of sp³-hybridized carbons (Fsp3) is 0.235. The average molecular weight is 367 g/mol. The van der Waals surface area contributed by atoms with E-state index in [0.717, 1.165) is 18.0 Å². The number of carbonyl (C=O) groups excluding carboxylic acids is 1. The summed E-state index contributed by atoms with van der Waals surface area (Å²) in [7, 11) is 3.42. The Bertz CT molecular complexity index is 796. The maximum absolute atomic E-state index is 12.6. The Hall–Kier alpha value is -2.11. The minimum Gasteiger partial charge on any atom is -0.494 e. The van der Waals surface area contributed by atoms with Gasteiger partial charge in [-0.15, -0.1) is 0 Å². The molecule has 2 aromatic rings. The molecule has 0 aliphatic carbocycles. The van der Waals surface area contributed by atoms with Crippen molar-refractivity contribution < 1.29 is 14.3 Å². The largest absolute Gasteiger partial charge is 0.494 e. The normalized spacial score (nSPS) is 13.1. The van der Waals surface area contributed by atoms with E-state index in [1.54, 1.807) is 18.2 Å². The zero-order valence-corrected chi connectivity index (χ0v) is 14.7. The number of likely N-dealkylation sites (N-methyl/N-ethyl adjacent to an activating group) is 1. The standard InChI is InChI=1S/C17H16Cl2N2O3/c1-21-7-8-24-14-6-3-10(9-13(14)21)20-17(22)15-11(18)4-5-12(19)16(15)23-2/h3-6,9H,7-8H2,1-2H3,(H,20,22). The Morgan fingerprint density at radius 1 is 1.25 bits per heavy atom. The summed E-state index contributed by atoms with van der Waals surface area (Å²) in [6.07, 6.45) is 0. The van der Waals surface area contributed by atoms with Crippen molar-refractivity contribution in [2.24, 2.45) is 0 Å². The highest BCUT2D eigenvalue weighted by Crippen LogP contribution is 2.36. The van der Waals surface area contributed by atoms with Crippen LogP contribution in [0.2, 0.25) is 10.0 Å². The lowest BCUT2D eigenvalue weighted by atomic mass is 10.1. The summed E-state index contributed by atoms with van der Waals surface area (Å²) in [5.41, 5.74) is 1.76. The molecule has 0 atom stereocenters. The van der Waals surface area contributed by atoms with Crippen molar-refractivity contribution in [3.63, 3.8) is 0 Å². The molecule has 5 nitrogen and oxygen atoms in total. The molecule has 3 rings (SSSR count). The number of hydrogen-bond acceptors (Lipinski definition) is 4. The van der Waals surface area contributed by atoms with Crippen LogP contribution in [0.5, 0.6) is 11.5 Å². The Labute approximate surface area is 150 Å². The highest BCUT2D eigenvalue weighted by Gasteiger charge is 2.21. The maximum atomic E-state index is 12.6. The Kier molecular flexibility index (Phi) is 4.73. The lowest BCUT2D eigenvalue weighted by Gasteiger charge is -2.28. The van der Waals surface area contributed by atoms with E-state index in [2.05, 4.69) is 10.2 Å². The van der Waals surface area contributed by atoms with Gasteiger partial charge in [0.1, 0.15) is 17.9 Å².